The number of carboxylic acids is 1. The predicted octanol–water partition coefficient (Wildman–Crippen LogP) is -0.428. The molecule has 0 radical (unpaired) electrons. The van der Waals surface area contributed by atoms with Gasteiger partial charge in [0.1, 0.15) is 7.85 Å². The fourth-order valence-corrected chi connectivity index (χ4v) is 0.971. The Labute approximate surface area is 66.3 Å². The highest BCUT2D eigenvalue weighted by molar-refractivity contribution is 6.33. The van der Waals surface area contributed by atoms with E-state index in [2.05, 4.69) is 0 Å². The zero-order valence-corrected chi connectivity index (χ0v) is 6.37. The summed E-state index contributed by atoms with van der Waals surface area (Å²) in [6, 6.07) is 7.51. The van der Waals surface area contributed by atoms with Crippen molar-refractivity contribution < 1.29 is 9.90 Å². The van der Waals surface area contributed by atoms with E-state index in [-0.39, 0.29) is 6.42 Å². The normalized spacial score (nSPS) is 9.45. The summed E-state index contributed by atoms with van der Waals surface area (Å²) >= 11 is 0. The van der Waals surface area contributed by atoms with Crippen molar-refractivity contribution in [3.63, 3.8) is 0 Å². The minimum atomic E-state index is -0.778. The second kappa shape index (κ2) is 3.24. The summed E-state index contributed by atoms with van der Waals surface area (Å²) in [5.41, 5.74) is 1.93. The zero-order chi connectivity index (χ0) is 8.27. The van der Waals surface area contributed by atoms with Gasteiger partial charge in [0.25, 0.3) is 0 Å². The minimum Gasteiger partial charge on any atom is -0.481 e. The molecular weight excluding hydrogens is 139 g/mol. The van der Waals surface area contributed by atoms with Gasteiger partial charge in [0, 0.05) is 0 Å². The Balaban J connectivity index is 2.86. The Bertz CT molecular complexity index is 271. The van der Waals surface area contributed by atoms with E-state index in [0.717, 1.165) is 11.0 Å². The lowest BCUT2D eigenvalue weighted by Gasteiger charge is -2.00. The smallest absolute Gasteiger partial charge is 0.307 e. The average molecular weight is 148 g/mol. The lowest BCUT2D eigenvalue weighted by Crippen LogP contribution is -2.13. The van der Waals surface area contributed by atoms with Crippen LogP contribution in [0.5, 0.6) is 0 Å². The highest BCUT2D eigenvalue weighted by Crippen LogP contribution is 1.95. The van der Waals surface area contributed by atoms with Crippen LogP contribution in [-0.2, 0) is 11.2 Å². The summed E-state index contributed by atoms with van der Waals surface area (Å²) in [4.78, 5) is 10.3. The third-order valence-electron chi connectivity index (χ3n) is 1.60. The Morgan fingerprint density at radius 2 is 2.09 bits per heavy atom. The molecule has 11 heavy (non-hydrogen) atoms. The Hall–Kier alpha value is -1.25. The summed E-state index contributed by atoms with van der Waals surface area (Å²) in [6.07, 6.45) is 0.118. The van der Waals surface area contributed by atoms with Gasteiger partial charge in [-0.2, -0.15) is 0 Å². The van der Waals surface area contributed by atoms with Crippen LogP contribution in [0.15, 0.2) is 24.3 Å². The van der Waals surface area contributed by atoms with E-state index >= 15 is 0 Å². The molecule has 3 heteroatoms. The van der Waals surface area contributed by atoms with Crippen LogP contribution in [0, 0.1) is 0 Å². The molecule has 0 saturated heterocycles. The molecule has 1 N–H and O–H groups in total. The van der Waals surface area contributed by atoms with E-state index in [1.165, 1.54) is 0 Å². The predicted molar refractivity (Wildman–Crippen MR) is 46.0 cm³/mol. The van der Waals surface area contributed by atoms with Crippen LogP contribution in [0.25, 0.3) is 0 Å². The number of benzene rings is 1. The highest BCUT2D eigenvalue weighted by Gasteiger charge is 2.01. The summed E-state index contributed by atoms with van der Waals surface area (Å²) in [5, 5.41) is 8.49. The Kier molecular flexibility index (Phi) is 2.31. The van der Waals surface area contributed by atoms with Crippen LogP contribution in [0.1, 0.15) is 5.56 Å². The molecule has 0 saturated carbocycles. The van der Waals surface area contributed by atoms with Gasteiger partial charge in [-0.15, -0.1) is 0 Å². The van der Waals surface area contributed by atoms with E-state index < -0.39 is 5.97 Å². The first-order chi connectivity index (χ1) is 5.20. The van der Waals surface area contributed by atoms with Crippen molar-refractivity contribution >= 4 is 19.3 Å². The summed E-state index contributed by atoms with van der Waals surface area (Å²) in [5.74, 6) is -0.778. The number of carboxylic acid groups (broad SMARTS) is 1. The number of aliphatic carboxylic acids is 1. The van der Waals surface area contributed by atoms with Crippen molar-refractivity contribution in [1.82, 2.24) is 0 Å². The molecule has 0 aliphatic rings. The molecule has 0 amide bonds. The Morgan fingerprint density at radius 1 is 1.45 bits per heavy atom. The summed E-state index contributed by atoms with van der Waals surface area (Å²) in [7, 11) is 1.91. The molecule has 1 aromatic rings. The third-order valence-corrected chi connectivity index (χ3v) is 1.60. The van der Waals surface area contributed by atoms with Crippen molar-refractivity contribution in [2.24, 2.45) is 0 Å². The molecule has 1 rings (SSSR count). The molecule has 0 aromatic heterocycles. The van der Waals surface area contributed by atoms with Crippen molar-refractivity contribution in [2.45, 2.75) is 6.42 Å². The number of hydrogen-bond donors (Lipinski definition) is 1. The van der Waals surface area contributed by atoms with Gasteiger partial charge in [-0.25, -0.2) is 0 Å². The van der Waals surface area contributed by atoms with Crippen LogP contribution in [0.2, 0.25) is 0 Å². The Morgan fingerprint density at radius 3 is 2.64 bits per heavy atom. The number of rotatable bonds is 2. The molecule has 0 fully saturated rings. The molecule has 1 aromatic carbocycles. The summed E-state index contributed by atoms with van der Waals surface area (Å²) in [6.45, 7) is 0. The zero-order valence-electron chi connectivity index (χ0n) is 6.37. The molecule has 0 heterocycles. The molecule has 0 unspecified atom stereocenters. The van der Waals surface area contributed by atoms with Gasteiger partial charge in [-0.1, -0.05) is 29.7 Å². The van der Waals surface area contributed by atoms with Crippen LogP contribution in [-0.4, -0.2) is 18.9 Å². The molecular formula is C8H9BO2. The van der Waals surface area contributed by atoms with Gasteiger partial charge in [0.05, 0.1) is 6.42 Å². The van der Waals surface area contributed by atoms with Crippen molar-refractivity contribution in [3.05, 3.63) is 29.8 Å². The molecule has 56 valence electrons. The number of hydrogen-bond acceptors (Lipinski definition) is 1. The van der Waals surface area contributed by atoms with E-state index in [9.17, 15) is 4.79 Å². The average Bonchev–Trinajstić information content (AvgIpc) is 1.93. The van der Waals surface area contributed by atoms with Gasteiger partial charge < -0.3 is 5.11 Å². The van der Waals surface area contributed by atoms with E-state index in [4.69, 9.17) is 5.11 Å². The first kappa shape index (κ1) is 7.86. The fraction of sp³-hybridized carbons (Fsp3) is 0.125. The molecule has 0 spiro atoms. The van der Waals surface area contributed by atoms with Crippen LogP contribution in [0.3, 0.4) is 0 Å². The van der Waals surface area contributed by atoms with Crippen LogP contribution < -0.4 is 5.46 Å². The maximum absolute atomic E-state index is 10.3. The highest BCUT2D eigenvalue weighted by atomic mass is 16.4. The van der Waals surface area contributed by atoms with Gasteiger partial charge in [0.2, 0.25) is 0 Å². The fourth-order valence-electron chi connectivity index (χ4n) is 0.971. The van der Waals surface area contributed by atoms with Crippen LogP contribution in [0.4, 0.5) is 0 Å². The molecule has 2 nitrogen and oxygen atoms in total. The SMILES string of the molecule is Bc1ccccc1CC(=O)O. The van der Waals surface area contributed by atoms with E-state index in [1.54, 1.807) is 0 Å². The minimum absolute atomic E-state index is 0.118. The first-order valence-electron chi connectivity index (χ1n) is 3.46. The third kappa shape index (κ3) is 2.11. The van der Waals surface area contributed by atoms with Gasteiger partial charge >= 0.3 is 5.97 Å². The molecule has 0 aliphatic heterocycles. The van der Waals surface area contributed by atoms with Crippen LogP contribution >= 0.6 is 0 Å². The summed E-state index contributed by atoms with van der Waals surface area (Å²) < 4.78 is 0. The van der Waals surface area contributed by atoms with Gasteiger partial charge in [0.15, 0.2) is 0 Å². The topological polar surface area (TPSA) is 37.3 Å². The molecule has 0 atom stereocenters. The quantitative estimate of drug-likeness (QED) is 0.578. The first-order valence-corrected chi connectivity index (χ1v) is 3.46. The van der Waals surface area contributed by atoms with Gasteiger partial charge in [-0.3, -0.25) is 4.79 Å². The lowest BCUT2D eigenvalue weighted by atomic mass is 9.89. The van der Waals surface area contributed by atoms with Crippen molar-refractivity contribution in [1.29, 1.82) is 0 Å². The van der Waals surface area contributed by atoms with E-state index in [1.807, 2.05) is 32.1 Å². The number of carbonyl (C=O) groups is 1. The monoisotopic (exact) mass is 148 g/mol. The van der Waals surface area contributed by atoms with Crippen molar-refractivity contribution in [3.8, 4) is 0 Å². The largest absolute Gasteiger partial charge is 0.481 e. The maximum atomic E-state index is 10.3. The van der Waals surface area contributed by atoms with Gasteiger partial charge in [-0.05, 0) is 5.56 Å². The maximum Gasteiger partial charge on any atom is 0.307 e. The second-order valence-electron chi connectivity index (χ2n) is 2.50. The lowest BCUT2D eigenvalue weighted by molar-refractivity contribution is -0.136. The second-order valence-corrected chi connectivity index (χ2v) is 2.50. The van der Waals surface area contributed by atoms with E-state index in [0.29, 0.717) is 0 Å². The molecule has 0 bridgehead atoms. The van der Waals surface area contributed by atoms with Crippen molar-refractivity contribution in [2.75, 3.05) is 0 Å². The molecule has 0 aliphatic carbocycles. The standard InChI is InChI=1S/C8H9BO2/c9-7-4-2-1-3-6(7)5-8(10)11/h1-4H,5,9H2,(H,10,11).